The number of aryl methyl sites for hydroxylation is 2. The zero-order chi connectivity index (χ0) is 19.3. The Hall–Kier alpha value is -2.32. The van der Waals surface area contributed by atoms with Crippen LogP contribution in [0.15, 0.2) is 54.4 Å². The average Bonchev–Trinajstić information content (AvgIpc) is 3.17. The van der Waals surface area contributed by atoms with E-state index in [1.807, 2.05) is 27.7 Å². The van der Waals surface area contributed by atoms with Crippen LogP contribution in [0.1, 0.15) is 43.7 Å². The highest BCUT2D eigenvalue weighted by molar-refractivity contribution is 7.11. The first-order valence-corrected chi connectivity index (χ1v) is 10.3. The van der Waals surface area contributed by atoms with Gasteiger partial charge in [-0.2, -0.15) is 0 Å². The molecule has 1 aliphatic rings. The SMILES string of the molecule is C=C1Nc2ccc(C)c(-c3ccc(C)cc3)c2-c2ccsc21.CC.CC. The third-order valence-electron chi connectivity index (χ3n) is 4.25. The van der Waals surface area contributed by atoms with Gasteiger partial charge in [0.2, 0.25) is 0 Å². The lowest BCUT2D eigenvalue weighted by atomic mass is 9.87. The largest absolute Gasteiger partial charge is 0.354 e. The maximum atomic E-state index is 4.16. The minimum Gasteiger partial charge on any atom is -0.354 e. The van der Waals surface area contributed by atoms with Crippen LogP contribution in [0.4, 0.5) is 5.69 Å². The number of nitrogens with one attached hydrogen (secondary N) is 1. The molecule has 2 aromatic carbocycles. The van der Waals surface area contributed by atoms with Crippen molar-refractivity contribution in [3.05, 3.63) is 70.4 Å². The van der Waals surface area contributed by atoms with Crippen molar-refractivity contribution >= 4 is 22.7 Å². The third kappa shape index (κ3) is 3.61. The lowest BCUT2D eigenvalue weighted by molar-refractivity contribution is 1.41. The summed E-state index contributed by atoms with van der Waals surface area (Å²) in [7, 11) is 0. The number of benzene rings is 2. The second-order valence-electron chi connectivity index (χ2n) is 5.81. The fraction of sp³-hybridized carbons (Fsp3) is 0.250. The highest BCUT2D eigenvalue weighted by Crippen LogP contribution is 2.48. The minimum atomic E-state index is 0.996. The lowest BCUT2D eigenvalue weighted by Gasteiger charge is -2.24. The van der Waals surface area contributed by atoms with Crippen molar-refractivity contribution in [1.82, 2.24) is 0 Å². The maximum absolute atomic E-state index is 4.16. The van der Waals surface area contributed by atoms with E-state index in [2.05, 4.69) is 73.6 Å². The van der Waals surface area contributed by atoms with Gasteiger partial charge in [-0.25, -0.2) is 0 Å². The quantitative estimate of drug-likeness (QED) is 0.460. The normalized spacial score (nSPS) is 11.1. The van der Waals surface area contributed by atoms with Gasteiger partial charge in [-0.1, -0.05) is 70.2 Å². The van der Waals surface area contributed by atoms with Crippen molar-refractivity contribution in [2.45, 2.75) is 41.5 Å². The number of hydrogen-bond donors (Lipinski definition) is 1. The fourth-order valence-electron chi connectivity index (χ4n) is 3.14. The Labute approximate surface area is 162 Å². The first-order chi connectivity index (χ1) is 12.6. The molecule has 4 rings (SSSR count). The van der Waals surface area contributed by atoms with E-state index in [0.29, 0.717) is 0 Å². The Morgan fingerprint density at radius 2 is 1.46 bits per heavy atom. The Morgan fingerprint density at radius 1 is 0.808 bits per heavy atom. The Morgan fingerprint density at radius 3 is 2.12 bits per heavy atom. The molecule has 136 valence electrons. The number of anilines is 1. The van der Waals surface area contributed by atoms with E-state index in [9.17, 15) is 0 Å². The molecule has 0 fully saturated rings. The van der Waals surface area contributed by atoms with Gasteiger partial charge in [0, 0.05) is 22.5 Å². The highest BCUT2D eigenvalue weighted by Gasteiger charge is 2.23. The van der Waals surface area contributed by atoms with Crippen LogP contribution in [0.3, 0.4) is 0 Å². The second-order valence-corrected chi connectivity index (χ2v) is 6.73. The summed E-state index contributed by atoms with van der Waals surface area (Å²) in [6.07, 6.45) is 0. The standard InChI is InChI=1S/C20H17NS.2C2H6/c1-12-4-7-15(8-5-12)18-13(2)6-9-17-19(18)16-10-11-22-20(16)14(3)21-17;2*1-2/h4-11,21H,3H2,1-2H3;2*1-2H3. The molecule has 2 heterocycles. The second kappa shape index (κ2) is 8.86. The van der Waals surface area contributed by atoms with Crippen LogP contribution < -0.4 is 5.32 Å². The first-order valence-electron chi connectivity index (χ1n) is 9.40. The molecule has 0 amide bonds. The van der Waals surface area contributed by atoms with Gasteiger partial charge in [0.25, 0.3) is 0 Å². The summed E-state index contributed by atoms with van der Waals surface area (Å²) in [5, 5.41) is 5.61. The molecule has 0 bridgehead atoms. The van der Waals surface area contributed by atoms with Crippen LogP contribution in [-0.2, 0) is 0 Å². The van der Waals surface area contributed by atoms with Crippen LogP contribution >= 0.6 is 11.3 Å². The predicted octanol–water partition coefficient (Wildman–Crippen LogP) is 8.15. The Bertz CT molecular complexity index is 885. The van der Waals surface area contributed by atoms with Gasteiger partial charge in [0.15, 0.2) is 0 Å². The summed E-state index contributed by atoms with van der Waals surface area (Å²) in [5.41, 5.74) is 9.91. The smallest absolute Gasteiger partial charge is 0.0578 e. The van der Waals surface area contributed by atoms with Crippen molar-refractivity contribution in [2.75, 3.05) is 5.32 Å². The fourth-order valence-corrected chi connectivity index (χ4v) is 3.97. The molecule has 0 spiro atoms. The van der Waals surface area contributed by atoms with E-state index in [1.54, 1.807) is 11.3 Å². The molecule has 1 aliphatic heterocycles. The number of thiophene rings is 1. The summed E-state index contributed by atoms with van der Waals surface area (Å²) in [5.74, 6) is 0. The van der Waals surface area contributed by atoms with Gasteiger partial charge in [0.05, 0.1) is 4.88 Å². The zero-order valence-corrected chi connectivity index (χ0v) is 17.6. The van der Waals surface area contributed by atoms with Gasteiger partial charge < -0.3 is 5.32 Å². The van der Waals surface area contributed by atoms with Crippen molar-refractivity contribution < 1.29 is 0 Å². The molecule has 2 heteroatoms. The summed E-state index contributed by atoms with van der Waals surface area (Å²) < 4.78 is 0. The first kappa shape index (κ1) is 20.0. The van der Waals surface area contributed by atoms with Gasteiger partial charge in [-0.15, -0.1) is 11.3 Å². The van der Waals surface area contributed by atoms with Gasteiger partial charge in [-0.05, 0) is 48.1 Å². The Balaban J connectivity index is 0.000000570. The number of rotatable bonds is 1. The van der Waals surface area contributed by atoms with E-state index >= 15 is 0 Å². The molecule has 26 heavy (non-hydrogen) atoms. The van der Waals surface area contributed by atoms with E-state index in [4.69, 9.17) is 0 Å². The molecule has 1 aromatic heterocycles. The molecule has 0 saturated heterocycles. The predicted molar refractivity (Wildman–Crippen MR) is 120 cm³/mol. The molecular weight excluding hydrogens is 334 g/mol. The molecule has 0 aliphatic carbocycles. The van der Waals surface area contributed by atoms with Crippen LogP contribution in [0.25, 0.3) is 28.0 Å². The van der Waals surface area contributed by atoms with Crippen molar-refractivity contribution in [1.29, 1.82) is 0 Å². The summed E-state index contributed by atoms with van der Waals surface area (Å²) in [6, 6.07) is 15.3. The molecule has 0 unspecified atom stereocenters. The summed E-state index contributed by atoms with van der Waals surface area (Å²) in [4.78, 5) is 1.24. The van der Waals surface area contributed by atoms with Crippen molar-refractivity contribution in [3.8, 4) is 22.3 Å². The van der Waals surface area contributed by atoms with Gasteiger partial charge in [-0.3, -0.25) is 0 Å². The molecule has 0 radical (unpaired) electrons. The molecule has 3 aromatic rings. The van der Waals surface area contributed by atoms with Crippen LogP contribution in [0.2, 0.25) is 0 Å². The molecule has 1 N–H and O–H groups in total. The van der Waals surface area contributed by atoms with Crippen molar-refractivity contribution in [2.24, 2.45) is 0 Å². The topological polar surface area (TPSA) is 12.0 Å². The molecular formula is C24H29NS. The molecule has 0 atom stereocenters. The zero-order valence-electron chi connectivity index (χ0n) is 16.7. The van der Waals surface area contributed by atoms with Gasteiger partial charge in [0.1, 0.15) is 0 Å². The maximum Gasteiger partial charge on any atom is 0.0578 e. The number of hydrogen-bond acceptors (Lipinski definition) is 2. The number of fused-ring (bicyclic) bond motifs is 3. The lowest BCUT2D eigenvalue weighted by Crippen LogP contribution is -2.06. The molecule has 1 nitrogen and oxygen atoms in total. The van der Waals surface area contributed by atoms with Gasteiger partial charge >= 0.3 is 0 Å². The monoisotopic (exact) mass is 363 g/mol. The van der Waals surface area contributed by atoms with E-state index in [-0.39, 0.29) is 0 Å². The van der Waals surface area contributed by atoms with Crippen LogP contribution in [-0.4, -0.2) is 0 Å². The van der Waals surface area contributed by atoms with E-state index in [0.717, 1.165) is 11.4 Å². The van der Waals surface area contributed by atoms with Crippen LogP contribution in [0, 0.1) is 13.8 Å². The summed E-state index contributed by atoms with van der Waals surface area (Å²) in [6.45, 7) is 16.5. The van der Waals surface area contributed by atoms with Crippen molar-refractivity contribution in [3.63, 3.8) is 0 Å². The third-order valence-corrected chi connectivity index (χ3v) is 5.22. The minimum absolute atomic E-state index is 0.996. The highest BCUT2D eigenvalue weighted by atomic mass is 32.1. The summed E-state index contributed by atoms with van der Waals surface area (Å²) >= 11 is 1.75. The Kier molecular flexibility index (Phi) is 6.82. The van der Waals surface area contributed by atoms with Crippen LogP contribution in [0.5, 0.6) is 0 Å². The molecule has 0 saturated carbocycles. The van der Waals surface area contributed by atoms with E-state index < -0.39 is 0 Å². The van der Waals surface area contributed by atoms with E-state index in [1.165, 1.54) is 38.3 Å². The average molecular weight is 364 g/mol.